The third kappa shape index (κ3) is 9.46. The van der Waals surface area contributed by atoms with Gasteiger partial charge in [-0.3, -0.25) is 4.99 Å². The van der Waals surface area contributed by atoms with Crippen LogP contribution in [0.5, 0.6) is 0 Å². The third-order valence-corrected chi connectivity index (χ3v) is 0.803. The number of hydrogen-bond donors (Lipinski definition) is 0. The van der Waals surface area contributed by atoms with Crippen LogP contribution in [0.2, 0.25) is 0 Å². The van der Waals surface area contributed by atoms with Gasteiger partial charge in [-0.25, -0.2) is 0 Å². The van der Waals surface area contributed by atoms with E-state index in [2.05, 4.69) is 4.99 Å². The second kappa shape index (κ2) is 3.24. The number of halogens is 3. The zero-order valence-electron chi connectivity index (χ0n) is 6.87. The maximum absolute atomic E-state index is 11.5. The Bertz CT molecular complexity index is 141. The summed E-state index contributed by atoms with van der Waals surface area (Å²) in [7, 11) is 0. The predicted octanol–water partition coefficient (Wildman–Crippen LogP) is 2.67. The molecule has 0 aromatic heterocycles. The average molecular weight is 167 g/mol. The van der Waals surface area contributed by atoms with E-state index in [1.54, 1.807) is 0 Å². The molecule has 0 saturated carbocycles. The Morgan fingerprint density at radius 1 is 1.18 bits per heavy atom. The second-order valence-corrected chi connectivity index (χ2v) is 3.57. The van der Waals surface area contributed by atoms with Crippen molar-refractivity contribution in [2.45, 2.75) is 26.9 Å². The molecule has 0 bridgehead atoms. The van der Waals surface area contributed by atoms with E-state index in [1.165, 1.54) is 0 Å². The molecule has 0 heterocycles. The fourth-order valence-electron chi connectivity index (χ4n) is 0.423. The number of aliphatic imine (C=N–C) groups is 1. The van der Waals surface area contributed by atoms with Gasteiger partial charge in [-0.05, 0) is 5.41 Å². The number of alkyl halides is 3. The van der Waals surface area contributed by atoms with Crippen molar-refractivity contribution in [2.24, 2.45) is 10.4 Å². The van der Waals surface area contributed by atoms with Gasteiger partial charge in [-0.1, -0.05) is 20.8 Å². The summed E-state index contributed by atoms with van der Waals surface area (Å²) in [4.78, 5) is 3.26. The molecule has 0 N–H and O–H groups in total. The molecule has 0 aliphatic carbocycles. The van der Waals surface area contributed by atoms with E-state index in [-0.39, 0.29) is 18.2 Å². The number of hydrogen-bond acceptors (Lipinski definition) is 1. The topological polar surface area (TPSA) is 12.4 Å². The van der Waals surface area contributed by atoms with Gasteiger partial charge in [0.1, 0.15) is 6.21 Å². The maximum Gasteiger partial charge on any atom is 0.426 e. The quantitative estimate of drug-likeness (QED) is 0.532. The lowest BCUT2D eigenvalue weighted by Gasteiger charge is -2.13. The highest BCUT2D eigenvalue weighted by atomic mass is 19.4. The lowest BCUT2D eigenvalue weighted by Crippen LogP contribution is -2.14. The molecule has 0 aromatic rings. The van der Waals surface area contributed by atoms with E-state index in [4.69, 9.17) is 0 Å². The van der Waals surface area contributed by atoms with Crippen molar-refractivity contribution in [2.75, 3.05) is 6.54 Å². The molecule has 0 aromatic carbocycles. The van der Waals surface area contributed by atoms with E-state index < -0.39 is 6.18 Å². The van der Waals surface area contributed by atoms with Gasteiger partial charge in [-0.2, -0.15) is 13.2 Å². The largest absolute Gasteiger partial charge is 0.426 e. The second-order valence-electron chi connectivity index (χ2n) is 3.57. The third-order valence-electron chi connectivity index (χ3n) is 0.803. The highest BCUT2D eigenvalue weighted by Crippen LogP contribution is 2.15. The Morgan fingerprint density at radius 3 is 1.91 bits per heavy atom. The molecular weight excluding hydrogens is 155 g/mol. The van der Waals surface area contributed by atoms with Crippen molar-refractivity contribution in [3.8, 4) is 0 Å². The van der Waals surface area contributed by atoms with Crippen LogP contribution in [0.1, 0.15) is 20.8 Å². The summed E-state index contributed by atoms with van der Waals surface area (Å²) in [6.07, 6.45) is -4.23. The van der Waals surface area contributed by atoms with Crippen LogP contribution < -0.4 is 0 Å². The van der Waals surface area contributed by atoms with Gasteiger partial charge in [0.2, 0.25) is 0 Å². The number of nitrogens with zero attached hydrogens (tertiary/aromatic N) is 1. The van der Waals surface area contributed by atoms with Crippen LogP contribution in [-0.4, -0.2) is 18.9 Å². The van der Waals surface area contributed by atoms with Crippen molar-refractivity contribution in [1.82, 2.24) is 0 Å². The fourth-order valence-corrected chi connectivity index (χ4v) is 0.423. The first-order chi connectivity index (χ1) is 4.71. The van der Waals surface area contributed by atoms with E-state index in [9.17, 15) is 13.2 Å². The van der Waals surface area contributed by atoms with E-state index >= 15 is 0 Å². The van der Waals surface area contributed by atoms with Gasteiger partial charge < -0.3 is 0 Å². The normalized spacial score (nSPS) is 14.4. The van der Waals surface area contributed by atoms with Gasteiger partial charge in [0.05, 0.1) is 0 Å². The Morgan fingerprint density at radius 2 is 1.64 bits per heavy atom. The Balaban J connectivity index is 3.80. The fraction of sp³-hybridized carbons (Fsp3) is 0.857. The van der Waals surface area contributed by atoms with E-state index in [0.29, 0.717) is 0 Å². The van der Waals surface area contributed by atoms with Gasteiger partial charge >= 0.3 is 6.18 Å². The number of rotatable bonds is 1. The SMILES string of the molecule is CC(C)(C)CN=CC(F)(F)F. The summed E-state index contributed by atoms with van der Waals surface area (Å²) in [5.74, 6) is 0. The molecule has 0 spiro atoms. The lowest BCUT2D eigenvalue weighted by atomic mass is 9.97. The molecule has 0 radical (unpaired) electrons. The minimum atomic E-state index is -4.27. The molecule has 0 aliphatic heterocycles. The highest BCUT2D eigenvalue weighted by Gasteiger charge is 2.23. The summed E-state index contributed by atoms with van der Waals surface area (Å²) in [6, 6.07) is 0. The summed E-state index contributed by atoms with van der Waals surface area (Å²) < 4.78 is 34.4. The first kappa shape index (κ1) is 10.5. The van der Waals surface area contributed by atoms with Crippen molar-refractivity contribution in [3.05, 3.63) is 0 Å². The molecule has 1 nitrogen and oxygen atoms in total. The summed E-state index contributed by atoms with van der Waals surface area (Å²) >= 11 is 0. The van der Waals surface area contributed by atoms with Gasteiger partial charge in [0, 0.05) is 6.54 Å². The van der Waals surface area contributed by atoms with Crippen LogP contribution in [-0.2, 0) is 0 Å². The zero-order chi connectivity index (χ0) is 9.12. The predicted molar refractivity (Wildman–Crippen MR) is 38.9 cm³/mol. The Hall–Kier alpha value is -0.540. The first-order valence-corrected chi connectivity index (χ1v) is 3.28. The smallest absolute Gasteiger partial charge is 0.288 e. The van der Waals surface area contributed by atoms with Crippen molar-refractivity contribution in [3.63, 3.8) is 0 Å². The lowest BCUT2D eigenvalue weighted by molar-refractivity contribution is -0.0538. The van der Waals surface area contributed by atoms with Crippen molar-refractivity contribution >= 4 is 6.21 Å². The molecule has 0 fully saturated rings. The maximum atomic E-state index is 11.5. The monoisotopic (exact) mass is 167 g/mol. The molecule has 0 unspecified atom stereocenters. The Labute approximate surface area is 64.3 Å². The summed E-state index contributed by atoms with van der Waals surface area (Å²) in [6.45, 7) is 5.70. The zero-order valence-corrected chi connectivity index (χ0v) is 6.87. The van der Waals surface area contributed by atoms with Crippen LogP contribution in [0.25, 0.3) is 0 Å². The van der Waals surface area contributed by atoms with Crippen LogP contribution in [0.3, 0.4) is 0 Å². The minimum Gasteiger partial charge on any atom is -0.288 e. The summed E-state index contributed by atoms with van der Waals surface area (Å²) in [5.41, 5.74) is -0.179. The highest BCUT2D eigenvalue weighted by molar-refractivity contribution is 5.63. The van der Waals surface area contributed by atoms with Crippen LogP contribution in [0, 0.1) is 5.41 Å². The first-order valence-electron chi connectivity index (χ1n) is 3.28. The van der Waals surface area contributed by atoms with Crippen molar-refractivity contribution < 1.29 is 13.2 Å². The van der Waals surface area contributed by atoms with Gasteiger partial charge in [-0.15, -0.1) is 0 Å². The molecule has 0 aliphatic rings. The van der Waals surface area contributed by atoms with Crippen molar-refractivity contribution in [1.29, 1.82) is 0 Å². The average Bonchev–Trinajstić information content (AvgIpc) is 1.55. The minimum absolute atomic E-state index is 0.0399. The standard InChI is InChI=1S/C7H12F3N/c1-6(2,3)4-11-5-7(8,9)10/h5H,4H2,1-3H3. The Kier molecular flexibility index (Phi) is 3.08. The van der Waals surface area contributed by atoms with Gasteiger partial charge in [0.25, 0.3) is 0 Å². The van der Waals surface area contributed by atoms with Crippen LogP contribution >= 0.6 is 0 Å². The molecule has 11 heavy (non-hydrogen) atoms. The van der Waals surface area contributed by atoms with E-state index in [1.807, 2.05) is 20.8 Å². The van der Waals surface area contributed by atoms with E-state index in [0.717, 1.165) is 0 Å². The van der Waals surface area contributed by atoms with Crippen LogP contribution in [0.4, 0.5) is 13.2 Å². The summed E-state index contributed by atoms with van der Waals surface area (Å²) in [5, 5.41) is 0. The molecule has 66 valence electrons. The molecule has 0 rings (SSSR count). The molecule has 0 saturated heterocycles. The molecule has 0 atom stereocenters. The van der Waals surface area contributed by atoms with Crippen LogP contribution in [0.15, 0.2) is 4.99 Å². The molecule has 4 heteroatoms. The molecule has 0 amide bonds. The molecular formula is C7H12F3N. The van der Waals surface area contributed by atoms with Gasteiger partial charge in [0.15, 0.2) is 0 Å².